The quantitative estimate of drug-likeness (QED) is 0.208. The van der Waals surface area contributed by atoms with Gasteiger partial charge in [0.2, 0.25) is 0 Å². The van der Waals surface area contributed by atoms with Gasteiger partial charge in [0.15, 0.2) is 0 Å². The van der Waals surface area contributed by atoms with E-state index < -0.39 is 11.9 Å². The summed E-state index contributed by atoms with van der Waals surface area (Å²) in [5, 5.41) is 21.2. The first-order valence-corrected chi connectivity index (χ1v) is 21.8. The number of allylic oxidation sites excluding steroid dienone is 1. The molecule has 4 aliphatic carbocycles. The molecule has 0 amide bonds. The Hall–Kier alpha value is -2.70. The Labute approximate surface area is 339 Å². The van der Waals surface area contributed by atoms with Crippen LogP contribution in [0.25, 0.3) is 5.57 Å². The predicted octanol–water partition coefficient (Wildman–Crippen LogP) is 12.9. The number of phenolic OH excluding ortho intramolecular Hbond substituents is 2. The van der Waals surface area contributed by atoms with Crippen molar-refractivity contribution in [2.75, 3.05) is 14.2 Å². The highest BCUT2D eigenvalue weighted by Gasteiger charge is 2.60. The monoisotopic (exact) mass is 794 g/mol. The van der Waals surface area contributed by atoms with Gasteiger partial charge >= 0.3 is 11.9 Å². The van der Waals surface area contributed by atoms with Gasteiger partial charge in [0.05, 0.1) is 24.3 Å². The molecule has 0 spiro atoms. The highest BCUT2D eigenvalue weighted by Crippen LogP contribution is 2.69. The van der Waals surface area contributed by atoms with Gasteiger partial charge in [-0.25, -0.2) is 9.59 Å². The zero-order valence-electron chi connectivity index (χ0n) is 34.2. The molecule has 6 rings (SSSR count). The number of carbonyl (C=O) groups is 2. The van der Waals surface area contributed by atoms with Crippen molar-refractivity contribution < 1.29 is 29.3 Å². The van der Waals surface area contributed by atoms with E-state index >= 15 is 0 Å². The summed E-state index contributed by atoms with van der Waals surface area (Å²) in [5.41, 5.74) is 2.59. The minimum absolute atomic E-state index is 0.00339. The zero-order chi connectivity index (χ0) is 39.8. The Morgan fingerprint density at radius 2 is 1.38 bits per heavy atom. The third-order valence-electron chi connectivity index (χ3n) is 15.5. The van der Waals surface area contributed by atoms with Crippen LogP contribution in [0.2, 0.25) is 10.0 Å². The van der Waals surface area contributed by atoms with E-state index in [0.29, 0.717) is 33.4 Å². The molecule has 55 heavy (non-hydrogen) atoms. The lowest BCUT2D eigenvalue weighted by Gasteiger charge is -2.61. The van der Waals surface area contributed by atoms with Crippen molar-refractivity contribution in [2.45, 2.75) is 125 Å². The van der Waals surface area contributed by atoms with Gasteiger partial charge in [-0.05, 0) is 170 Å². The largest absolute Gasteiger partial charge is 0.505 e. The van der Waals surface area contributed by atoms with E-state index in [0.717, 1.165) is 54.3 Å². The van der Waals surface area contributed by atoms with Crippen LogP contribution in [0.5, 0.6) is 11.5 Å². The number of carbonyl (C=O) groups excluding carboxylic acids is 2. The van der Waals surface area contributed by atoms with Crippen LogP contribution in [0.15, 0.2) is 30.3 Å². The number of halogens is 2. The maximum atomic E-state index is 12.6. The Bertz CT molecular complexity index is 1690. The van der Waals surface area contributed by atoms with Gasteiger partial charge in [0.25, 0.3) is 0 Å². The summed E-state index contributed by atoms with van der Waals surface area (Å²) in [7, 11) is 2.49. The SMILES string of the molecule is COC(=O)c1cc(C(=CCC[C@H]2CC[C@@]3(C)C(CC[C@H]4[C@@H]5CC[C@H]([C@H](C)CCCC(C)C)[C@@]5(C)CC[C@@H]43)C2)c2cc(Cl)c(O)c(C(=O)OC)c2)cc(Cl)c1O. The van der Waals surface area contributed by atoms with Crippen LogP contribution >= 0.6 is 23.2 Å². The van der Waals surface area contributed by atoms with Crippen molar-refractivity contribution in [3.05, 3.63) is 62.6 Å². The van der Waals surface area contributed by atoms with Crippen molar-refractivity contribution >= 4 is 40.7 Å². The minimum atomic E-state index is -0.721. The Morgan fingerprint density at radius 1 is 0.800 bits per heavy atom. The molecule has 1 unspecified atom stereocenters. The fraction of sp³-hybridized carbons (Fsp3) is 0.660. The number of phenols is 2. The van der Waals surface area contributed by atoms with Crippen LogP contribution in [0.1, 0.15) is 156 Å². The summed E-state index contributed by atoms with van der Waals surface area (Å²) in [6.07, 6.45) is 20.2. The first-order chi connectivity index (χ1) is 26.1. The van der Waals surface area contributed by atoms with E-state index in [4.69, 9.17) is 32.7 Å². The molecule has 0 aliphatic heterocycles. The fourth-order valence-electron chi connectivity index (χ4n) is 12.5. The lowest BCUT2D eigenvalue weighted by molar-refractivity contribution is -0.121. The maximum Gasteiger partial charge on any atom is 0.341 e. The van der Waals surface area contributed by atoms with Crippen molar-refractivity contribution in [2.24, 2.45) is 58.2 Å². The molecule has 9 atom stereocenters. The lowest BCUT2D eigenvalue weighted by atomic mass is 9.44. The van der Waals surface area contributed by atoms with Gasteiger partial charge in [0.1, 0.15) is 22.6 Å². The molecule has 0 bridgehead atoms. The molecular weight excluding hydrogens is 731 g/mol. The number of fused-ring (bicyclic) bond motifs is 5. The number of esters is 2. The number of hydrogen-bond acceptors (Lipinski definition) is 6. The normalized spacial score (nSPS) is 30.5. The molecule has 0 aromatic heterocycles. The van der Waals surface area contributed by atoms with Crippen molar-refractivity contribution in [1.82, 2.24) is 0 Å². The Kier molecular flexibility index (Phi) is 13.0. The molecule has 4 saturated carbocycles. The summed E-state index contributed by atoms with van der Waals surface area (Å²) in [6.45, 7) is 12.6. The molecule has 302 valence electrons. The highest BCUT2D eigenvalue weighted by atomic mass is 35.5. The van der Waals surface area contributed by atoms with E-state index in [2.05, 4.69) is 40.7 Å². The van der Waals surface area contributed by atoms with Gasteiger partial charge in [-0.15, -0.1) is 0 Å². The molecule has 2 aromatic carbocycles. The highest BCUT2D eigenvalue weighted by molar-refractivity contribution is 6.33. The van der Waals surface area contributed by atoms with Gasteiger partial charge < -0.3 is 19.7 Å². The van der Waals surface area contributed by atoms with Crippen LogP contribution in [0.3, 0.4) is 0 Å². The number of benzene rings is 2. The first-order valence-electron chi connectivity index (χ1n) is 21.0. The van der Waals surface area contributed by atoms with E-state index in [1.54, 1.807) is 12.1 Å². The van der Waals surface area contributed by atoms with Gasteiger partial charge in [0, 0.05) is 0 Å². The molecule has 4 fully saturated rings. The average molecular weight is 796 g/mol. The molecule has 2 aromatic rings. The summed E-state index contributed by atoms with van der Waals surface area (Å²) in [5.74, 6) is 4.34. The minimum Gasteiger partial charge on any atom is -0.505 e. The third-order valence-corrected chi connectivity index (χ3v) is 16.0. The van der Waals surface area contributed by atoms with E-state index in [-0.39, 0.29) is 32.7 Å². The summed E-state index contributed by atoms with van der Waals surface area (Å²) < 4.78 is 9.85. The molecular formula is C47H64Cl2O6. The summed E-state index contributed by atoms with van der Waals surface area (Å²) in [6, 6.07) is 6.26. The van der Waals surface area contributed by atoms with Crippen LogP contribution in [-0.4, -0.2) is 36.4 Å². The van der Waals surface area contributed by atoms with E-state index in [9.17, 15) is 19.8 Å². The van der Waals surface area contributed by atoms with E-state index in [1.807, 2.05) is 0 Å². The predicted molar refractivity (Wildman–Crippen MR) is 222 cm³/mol. The number of rotatable bonds is 12. The van der Waals surface area contributed by atoms with Crippen LogP contribution in [-0.2, 0) is 9.47 Å². The van der Waals surface area contributed by atoms with Gasteiger partial charge in [-0.1, -0.05) is 83.2 Å². The van der Waals surface area contributed by atoms with Crippen molar-refractivity contribution in [3.63, 3.8) is 0 Å². The zero-order valence-corrected chi connectivity index (χ0v) is 35.7. The molecule has 2 N–H and O–H groups in total. The van der Waals surface area contributed by atoms with Gasteiger partial charge in [-0.3, -0.25) is 0 Å². The lowest BCUT2D eigenvalue weighted by Crippen LogP contribution is -2.53. The number of aromatic hydroxyl groups is 2. The maximum absolute atomic E-state index is 12.6. The first kappa shape index (κ1) is 41.9. The Balaban J connectivity index is 1.18. The van der Waals surface area contributed by atoms with Crippen LogP contribution < -0.4 is 0 Å². The second-order valence-electron chi connectivity index (χ2n) is 18.7. The Morgan fingerprint density at radius 3 is 1.96 bits per heavy atom. The van der Waals surface area contributed by atoms with Crippen molar-refractivity contribution in [3.8, 4) is 11.5 Å². The van der Waals surface area contributed by atoms with Crippen LogP contribution in [0, 0.1) is 58.2 Å². The second kappa shape index (κ2) is 17.0. The van der Waals surface area contributed by atoms with Crippen molar-refractivity contribution in [1.29, 1.82) is 0 Å². The number of hydrogen-bond donors (Lipinski definition) is 2. The van der Waals surface area contributed by atoms with E-state index in [1.165, 1.54) is 103 Å². The smallest absolute Gasteiger partial charge is 0.341 e. The molecule has 0 saturated heterocycles. The molecule has 8 heteroatoms. The number of methoxy groups -OCH3 is 2. The molecule has 6 nitrogen and oxygen atoms in total. The van der Waals surface area contributed by atoms with Gasteiger partial charge in [-0.2, -0.15) is 0 Å². The molecule has 0 radical (unpaired) electrons. The standard InChI is InChI=1S/C47H64Cl2O6/c1-27(2)10-8-11-28(3)37-16-17-38-34-15-14-32-22-29(18-20-46(32,4)39(34)19-21-47(37,38)5)12-9-13-33(30-23-35(44(52)54-6)42(50)40(48)25-30)31-24-36(45(53)55-7)43(51)41(49)26-31/h13,23-29,32,34,37-39,50-51H,8-12,14-22H2,1-7H3/t28-,29+,32?,34+,37-,38+,39+,46+,47-/m1/s1. The summed E-state index contributed by atoms with van der Waals surface area (Å²) >= 11 is 12.9. The molecule has 4 aliphatic rings. The van der Waals surface area contributed by atoms with Crippen LogP contribution in [0.4, 0.5) is 0 Å². The fourth-order valence-corrected chi connectivity index (χ4v) is 13.0. The summed E-state index contributed by atoms with van der Waals surface area (Å²) in [4.78, 5) is 25.2. The topological polar surface area (TPSA) is 93.1 Å². The average Bonchev–Trinajstić information content (AvgIpc) is 3.52. The second-order valence-corrected chi connectivity index (χ2v) is 19.5. The number of ether oxygens (including phenoxy) is 2. The third kappa shape index (κ3) is 8.20. The molecule has 0 heterocycles.